The van der Waals surface area contributed by atoms with E-state index in [-0.39, 0.29) is 0 Å². The van der Waals surface area contributed by atoms with Crippen LogP contribution in [-0.2, 0) is 4.74 Å². The van der Waals surface area contributed by atoms with E-state index in [0.717, 1.165) is 6.42 Å². The Morgan fingerprint density at radius 3 is 3.17 bits per heavy atom. The number of hydrogen-bond acceptors (Lipinski definition) is 4. The quantitative estimate of drug-likeness (QED) is 0.657. The van der Waals surface area contributed by atoms with Crippen molar-refractivity contribution in [1.29, 1.82) is 0 Å². The summed E-state index contributed by atoms with van der Waals surface area (Å²) in [6.45, 7) is 0.643. The highest BCUT2D eigenvalue weighted by Gasteiger charge is 2.19. The molecule has 2 N–H and O–H groups in total. The molecule has 1 atom stereocenters. The molecule has 1 aromatic heterocycles. The molecule has 0 fully saturated rings. The molecule has 2 rings (SSSR count). The van der Waals surface area contributed by atoms with Crippen molar-refractivity contribution in [2.24, 2.45) is 0 Å². The lowest BCUT2D eigenvalue weighted by molar-refractivity contribution is 0.116. The first-order chi connectivity index (χ1) is 5.88. The van der Waals surface area contributed by atoms with Gasteiger partial charge in [-0.3, -0.25) is 0 Å². The van der Waals surface area contributed by atoms with Crippen molar-refractivity contribution in [1.82, 2.24) is 15.4 Å². The molecule has 0 bridgehead atoms. The smallest absolute Gasteiger partial charge is 0.156 e. The fraction of sp³-hybridized carbons (Fsp3) is 0.429. The van der Waals surface area contributed by atoms with Crippen LogP contribution in [0.25, 0.3) is 0 Å². The maximum absolute atomic E-state index is 9.59. The van der Waals surface area contributed by atoms with Crippen molar-refractivity contribution in [3.63, 3.8) is 0 Å². The molecule has 0 aromatic carbocycles. The summed E-state index contributed by atoms with van der Waals surface area (Å²) in [6.07, 6.45) is 3.42. The summed E-state index contributed by atoms with van der Waals surface area (Å²) in [5.74, 6) is 0.573. The minimum absolute atomic E-state index is 0.489. The van der Waals surface area contributed by atoms with Gasteiger partial charge in [-0.1, -0.05) is 0 Å². The Labute approximate surface area is 69.1 Å². The van der Waals surface area contributed by atoms with Gasteiger partial charge in [-0.25, -0.2) is 0 Å². The minimum Gasteiger partial charge on any atom is -0.495 e. The normalized spacial score (nSPS) is 18.6. The molecule has 64 valence electrons. The highest BCUT2D eigenvalue weighted by atomic mass is 16.5. The number of nitrogens with zero attached hydrogens (tertiary/aromatic N) is 2. The zero-order valence-electron chi connectivity index (χ0n) is 6.40. The molecule has 0 saturated carbocycles. The number of aromatic amines is 1. The summed E-state index contributed by atoms with van der Waals surface area (Å²) in [4.78, 5) is 0. The molecule has 5 heteroatoms. The summed E-state index contributed by atoms with van der Waals surface area (Å²) in [7, 11) is 0. The molecular weight excluding hydrogens is 158 g/mol. The Bertz CT molecular complexity index is 281. The number of nitrogens with one attached hydrogen (secondary N) is 1. The van der Waals surface area contributed by atoms with Gasteiger partial charge in [-0.2, -0.15) is 15.4 Å². The van der Waals surface area contributed by atoms with Crippen LogP contribution in [0.1, 0.15) is 18.2 Å². The van der Waals surface area contributed by atoms with Crippen LogP contribution in [0.3, 0.4) is 0 Å². The van der Waals surface area contributed by atoms with Gasteiger partial charge < -0.3 is 9.84 Å². The van der Waals surface area contributed by atoms with Crippen LogP contribution in [0.4, 0.5) is 0 Å². The van der Waals surface area contributed by atoms with E-state index < -0.39 is 6.10 Å². The SMILES string of the molecule is OC(C1=CCCO1)c1cn[nH]n1. The summed E-state index contributed by atoms with van der Waals surface area (Å²) in [5.41, 5.74) is 0.489. The van der Waals surface area contributed by atoms with Crippen molar-refractivity contribution in [3.05, 3.63) is 23.7 Å². The molecule has 0 spiro atoms. The lowest BCUT2D eigenvalue weighted by Gasteiger charge is -2.07. The van der Waals surface area contributed by atoms with Gasteiger partial charge in [0.15, 0.2) is 6.10 Å². The Balaban J connectivity index is 2.14. The largest absolute Gasteiger partial charge is 0.495 e. The first-order valence-corrected chi connectivity index (χ1v) is 3.74. The van der Waals surface area contributed by atoms with Gasteiger partial charge in [0, 0.05) is 6.42 Å². The van der Waals surface area contributed by atoms with E-state index in [0.29, 0.717) is 18.1 Å². The van der Waals surface area contributed by atoms with Crippen molar-refractivity contribution >= 4 is 0 Å². The molecular formula is C7H9N3O2. The van der Waals surface area contributed by atoms with Crippen LogP contribution in [0.15, 0.2) is 18.0 Å². The van der Waals surface area contributed by atoms with Crippen molar-refractivity contribution in [2.75, 3.05) is 6.61 Å². The molecule has 0 radical (unpaired) electrons. The predicted octanol–water partition coefficient (Wildman–Crippen LogP) is 0.142. The molecule has 0 saturated heterocycles. The molecule has 1 aromatic rings. The summed E-state index contributed by atoms with van der Waals surface area (Å²) >= 11 is 0. The number of hydrogen-bond donors (Lipinski definition) is 2. The zero-order chi connectivity index (χ0) is 8.39. The van der Waals surface area contributed by atoms with Crippen molar-refractivity contribution in [3.8, 4) is 0 Å². The van der Waals surface area contributed by atoms with Crippen LogP contribution in [0, 0.1) is 0 Å². The Morgan fingerprint density at radius 1 is 1.67 bits per heavy atom. The van der Waals surface area contributed by atoms with Crippen LogP contribution in [-0.4, -0.2) is 27.1 Å². The Kier molecular flexibility index (Phi) is 1.79. The predicted molar refractivity (Wildman–Crippen MR) is 40.0 cm³/mol. The van der Waals surface area contributed by atoms with Gasteiger partial charge in [0.2, 0.25) is 0 Å². The van der Waals surface area contributed by atoms with Gasteiger partial charge in [-0.05, 0) is 6.08 Å². The van der Waals surface area contributed by atoms with Gasteiger partial charge in [-0.15, -0.1) is 0 Å². The van der Waals surface area contributed by atoms with Gasteiger partial charge in [0.25, 0.3) is 0 Å². The third kappa shape index (κ3) is 1.18. The lowest BCUT2D eigenvalue weighted by Crippen LogP contribution is -2.02. The van der Waals surface area contributed by atoms with E-state index in [1.165, 1.54) is 6.20 Å². The number of H-pyrrole nitrogens is 1. The van der Waals surface area contributed by atoms with Gasteiger partial charge in [0.05, 0.1) is 12.8 Å². The van der Waals surface area contributed by atoms with Crippen molar-refractivity contribution in [2.45, 2.75) is 12.5 Å². The Hall–Kier alpha value is -1.36. The fourth-order valence-corrected chi connectivity index (χ4v) is 1.12. The minimum atomic E-state index is -0.772. The molecule has 1 unspecified atom stereocenters. The summed E-state index contributed by atoms with van der Waals surface area (Å²) in [6, 6.07) is 0. The fourth-order valence-electron chi connectivity index (χ4n) is 1.12. The average molecular weight is 167 g/mol. The second-order valence-corrected chi connectivity index (χ2v) is 2.54. The van der Waals surface area contributed by atoms with Crippen LogP contribution < -0.4 is 0 Å². The van der Waals surface area contributed by atoms with Crippen LogP contribution >= 0.6 is 0 Å². The number of aromatic nitrogens is 3. The number of aliphatic hydroxyl groups is 1. The number of aliphatic hydroxyl groups excluding tert-OH is 1. The van der Waals surface area contributed by atoms with Crippen molar-refractivity contribution < 1.29 is 9.84 Å². The molecule has 12 heavy (non-hydrogen) atoms. The van der Waals surface area contributed by atoms with Gasteiger partial charge in [0.1, 0.15) is 11.5 Å². The van der Waals surface area contributed by atoms with E-state index in [2.05, 4.69) is 15.4 Å². The van der Waals surface area contributed by atoms with E-state index in [1.54, 1.807) is 0 Å². The third-order valence-electron chi connectivity index (χ3n) is 1.72. The first-order valence-electron chi connectivity index (χ1n) is 3.74. The second kappa shape index (κ2) is 2.94. The highest BCUT2D eigenvalue weighted by Crippen LogP contribution is 2.23. The standard InChI is InChI=1S/C7H9N3O2/c11-7(5-4-8-10-9-5)6-2-1-3-12-6/h2,4,7,11H,1,3H2,(H,8,9,10). The maximum Gasteiger partial charge on any atom is 0.156 e. The van der Waals surface area contributed by atoms with E-state index >= 15 is 0 Å². The third-order valence-corrected chi connectivity index (χ3v) is 1.72. The van der Waals surface area contributed by atoms with E-state index in [1.807, 2.05) is 6.08 Å². The topological polar surface area (TPSA) is 71.0 Å². The molecule has 1 aliphatic rings. The summed E-state index contributed by atoms with van der Waals surface area (Å²) < 4.78 is 5.17. The molecule has 0 aliphatic carbocycles. The molecule has 5 nitrogen and oxygen atoms in total. The maximum atomic E-state index is 9.59. The molecule has 0 amide bonds. The van der Waals surface area contributed by atoms with E-state index in [9.17, 15) is 5.11 Å². The number of ether oxygens (including phenoxy) is 1. The second-order valence-electron chi connectivity index (χ2n) is 2.54. The Morgan fingerprint density at radius 2 is 2.58 bits per heavy atom. The van der Waals surface area contributed by atoms with Crippen LogP contribution in [0.2, 0.25) is 0 Å². The first kappa shape index (κ1) is 7.30. The number of rotatable bonds is 2. The van der Waals surface area contributed by atoms with Crippen LogP contribution in [0.5, 0.6) is 0 Å². The molecule has 1 aliphatic heterocycles. The molecule has 2 heterocycles. The monoisotopic (exact) mass is 167 g/mol. The highest BCUT2D eigenvalue weighted by molar-refractivity contribution is 5.13. The van der Waals surface area contributed by atoms with Gasteiger partial charge >= 0.3 is 0 Å². The zero-order valence-corrected chi connectivity index (χ0v) is 6.40. The van der Waals surface area contributed by atoms with E-state index in [4.69, 9.17) is 4.74 Å². The summed E-state index contributed by atoms with van der Waals surface area (Å²) in [5, 5.41) is 19.4. The average Bonchev–Trinajstić information content (AvgIpc) is 2.77. The lowest BCUT2D eigenvalue weighted by atomic mass is 10.2.